The Morgan fingerprint density at radius 2 is 1.80 bits per heavy atom. The quantitative estimate of drug-likeness (QED) is 0.738. The fraction of sp³-hybridized carbons (Fsp3) is 0.609. The van der Waals surface area contributed by atoms with E-state index >= 15 is 0 Å². The molecule has 0 spiro atoms. The average molecular weight is 416 g/mol. The van der Waals surface area contributed by atoms with E-state index in [1.54, 1.807) is 9.80 Å². The fourth-order valence-electron chi connectivity index (χ4n) is 4.15. The first-order valence-corrected chi connectivity index (χ1v) is 10.8. The molecule has 0 saturated carbocycles. The minimum Gasteiger partial charge on any atom is -0.483 e. The predicted molar refractivity (Wildman–Crippen MR) is 114 cm³/mol. The second-order valence-corrected chi connectivity index (χ2v) is 8.59. The van der Waals surface area contributed by atoms with Crippen molar-refractivity contribution < 1.29 is 19.1 Å². The number of nitrogens with zero attached hydrogens (tertiary/aromatic N) is 3. The molecule has 7 nitrogen and oxygen atoms in total. The Kier molecular flexibility index (Phi) is 7.00. The van der Waals surface area contributed by atoms with Crippen molar-refractivity contribution in [3.63, 3.8) is 0 Å². The zero-order valence-corrected chi connectivity index (χ0v) is 18.5. The maximum atomic E-state index is 12.9. The fourth-order valence-corrected chi connectivity index (χ4v) is 4.15. The zero-order chi connectivity index (χ0) is 21.8. The average Bonchev–Trinajstić information content (AvgIpc) is 2.94. The Morgan fingerprint density at radius 3 is 2.50 bits per heavy atom. The highest BCUT2D eigenvalue weighted by atomic mass is 16.5. The maximum absolute atomic E-state index is 12.9. The third-order valence-corrected chi connectivity index (χ3v) is 6.20. The topological polar surface area (TPSA) is 70.2 Å². The number of likely N-dealkylation sites (tertiary alicyclic amines) is 1. The van der Waals surface area contributed by atoms with Crippen LogP contribution in [0.2, 0.25) is 0 Å². The number of hydrogen-bond donors (Lipinski definition) is 0. The predicted octanol–water partition coefficient (Wildman–Crippen LogP) is 2.00. The molecule has 0 aromatic heterocycles. The monoisotopic (exact) mass is 415 g/mol. The first kappa shape index (κ1) is 22.1. The van der Waals surface area contributed by atoms with Gasteiger partial charge in [0.25, 0.3) is 5.91 Å². The van der Waals surface area contributed by atoms with E-state index in [9.17, 15) is 14.4 Å². The van der Waals surface area contributed by atoms with Crippen LogP contribution in [-0.4, -0.2) is 77.8 Å². The van der Waals surface area contributed by atoms with E-state index in [4.69, 9.17) is 4.74 Å². The zero-order valence-electron chi connectivity index (χ0n) is 18.5. The molecule has 0 radical (unpaired) electrons. The SMILES string of the molecule is Cc1cccc(OCC(=O)N2CCCN(C(=O)C3CC(=O)N(C(C)C)C3)CC2)c1C. The molecule has 3 amide bonds. The molecule has 0 N–H and O–H groups in total. The molecule has 3 rings (SSSR count). The summed E-state index contributed by atoms with van der Waals surface area (Å²) in [5, 5.41) is 0. The second-order valence-electron chi connectivity index (χ2n) is 8.59. The van der Waals surface area contributed by atoms with Crippen LogP contribution < -0.4 is 4.74 Å². The third kappa shape index (κ3) is 4.94. The second kappa shape index (κ2) is 9.49. The summed E-state index contributed by atoms with van der Waals surface area (Å²) < 4.78 is 5.76. The Bertz CT molecular complexity index is 808. The number of aryl methyl sites for hydroxylation is 1. The smallest absolute Gasteiger partial charge is 0.260 e. The van der Waals surface area contributed by atoms with Gasteiger partial charge in [-0.3, -0.25) is 14.4 Å². The molecule has 2 aliphatic heterocycles. The summed E-state index contributed by atoms with van der Waals surface area (Å²) in [6, 6.07) is 5.93. The lowest BCUT2D eigenvalue weighted by Gasteiger charge is -2.25. The molecule has 2 heterocycles. The number of ether oxygens (including phenoxy) is 1. The van der Waals surface area contributed by atoms with Gasteiger partial charge < -0.3 is 19.4 Å². The minimum absolute atomic E-state index is 0.00127. The van der Waals surface area contributed by atoms with Crippen molar-refractivity contribution in [3.05, 3.63) is 29.3 Å². The molecule has 1 unspecified atom stereocenters. The van der Waals surface area contributed by atoms with Crippen LogP contribution in [0.25, 0.3) is 0 Å². The summed E-state index contributed by atoms with van der Waals surface area (Å²) in [4.78, 5) is 43.1. The van der Waals surface area contributed by atoms with Crippen LogP contribution in [0.3, 0.4) is 0 Å². The summed E-state index contributed by atoms with van der Waals surface area (Å²) in [5.74, 6) is 0.489. The van der Waals surface area contributed by atoms with Gasteiger partial charge in [0.15, 0.2) is 6.61 Å². The molecule has 2 fully saturated rings. The number of rotatable bonds is 5. The summed E-state index contributed by atoms with van der Waals surface area (Å²) in [6.07, 6.45) is 1.02. The van der Waals surface area contributed by atoms with E-state index in [1.165, 1.54) is 0 Å². The summed E-state index contributed by atoms with van der Waals surface area (Å²) >= 11 is 0. The molecule has 2 aliphatic rings. The van der Waals surface area contributed by atoms with Crippen LogP contribution in [0.5, 0.6) is 5.75 Å². The Morgan fingerprint density at radius 1 is 1.10 bits per heavy atom. The highest BCUT2D eigenvalue weighted by Crippen LogP contribution is 2.23. The first-order valence-electron chi connectivity index (χ1n) is 10.8. The van der Waals surface area contributed by atoms with Crippen molar-refractivity contribution in [2.45, 2.75) is 46.6 Å². The van der Waals surface area contributed by atoms with Gasteiger partial charge in [-0.1, -0.05) is 12.1 Å². The molecule has 0 aliphatic carbocycles. The van der Waals surface area contributed by atoms with E-state index in [1.807, 2.05) is 50.8 Å². The van der Waals surface area contributed by atoms with Crippen LogP contribution in [-0.2, 0) is 14.4 Å². The van der Waals surface area contributed by atoms with Gasteiger partial charge in [0.1, 0.15) is 5.75 Å². The number of hydrogen-bond acceptors (Lipinski definition) is 4. The lowest BCUT2D eigenvalue weighted by Crippen LogP contribution is -2.42. The first-order chi connectivity index (χ1) is 14.3. The number of benzene rings is 1. The van der Waals surface area contributed by atoms with Crippen molar-refractivity contribution in [3.8, 4) is 5.75 Å². The van der Waals surface area contributed by atoms with Crippen LogP contribution in [0.1, 0.15) is 37.8 Å². The summed E-state index contributed by atoms with van der Waals surface area (Å²) in [6.45, 7) is 10.7. The molecule has 2 saturated heterocycles. The number of carbonyl (C=O) groups excluding carboxylic acids is 3. The van der Waals surface area contributed by atoms with Gasteiger partial charge in [0.05, 0.1) is 5.92 Å². The molecule has 0 bridgehead atoms. The van der Waals surface area contributed by atoms with Gasteiger partial charge in [-0.25, -0.2) is 0 Å². The summed E-state index contributed by atoms with van der Waals surface area (Å²) in [7, 11) is 0. The highest BCUT2D eigenvalue weighted by molar-refractivity contribution is 5.89. The third-order valence-electron chi connectivity index (χ3n) is 6.20. The number of carbonyl (C=O) groups is 3. The highest BCUT2D eigenvalue weighted by Gasteiger charge is 2.37. The van der Waals surface area contributed by atoms with Crippen LogP contribution in [0.15, 0.2) is 18.2 Å². The van der Waals surface area contributed by atoms with Crippen LogP contribution in [0.4, 0.5) is 0 Å². The summed E-state index contributed by atoms with van der Waals surface area (Å²) in [5.41, 5.74) is 2.17. The lowest BCUT2D eigenvalue weighted by atomic mass is 10.1. The van der Waals surface area contributed by atoms with E-state index in [2.05, 4.69) is 0 Å². The standard InChI is InChI=1S/C23H33N3O4/c1-16(2)26-14-19(13-21(26)27)23(29)25-10-6-9-24(11-12-25)22(28)15-30-20-8-5-7-17(3)18(20)4/h5,7-8,16,19H,6,9-15H2,1-4H3. The lowest BCUT2D eigenvalue weighted by molar-refractivity contribution is -0.137. The minimum atomic E-state index is -0.269. The molecule has 1 aromatic carbocycles. The number of amides is 3. The molecular weight excluding hydrogens is 382 g/mol. The van der Waals surface area contributed by atoms with E-state index in [0.717, 1.165) is 23.3 Å². The van der Waals surface area contributed by atoms with E-state index in [-0.39, 0.29) is 36.3 Å². The molecule has 1 atom stereocenters. The molecule has 7 heteroatoms. The Hall–Kier alpha value is -2.57. The van der Waals surface area contributed by atoms with Gasteiger partial charge in [0.2, 0.25) is 11.8 Å². The normalized spacial score (nSPS) is 20.0. The Labute approximate surface area is 179 Å². The van der Waals surface area contributed by atoms with Crippen molar-refractivity contribution in [1.82, 2.24) is 14.7 Å². The molecular formula is C23H33N3O4. The van der Waals surface area contributed by atoms with Crippen molar-refractivity contribution in [2.24, 2.45) is 5.92 Å². The molecule has 1 aromatic rings. The largest absolute Gasteiger partial charge is 0.483 e. The van der Waals surface area contributed by atoms with E-state index in [0.29, 0.717) is 39.1 Å². The van der Waals surface area contributed by atoms with Crippen LogP contribution in [0, 0.1) is 19.8 Å². The van der Waals surface area contributed by atoms with Crippen molar-refractivity contribution in [1.29, 1.82) is 0 Å². The van der Waals surface area contributed by atoms with Crippen molar-refractivity contribution >= 4 is 17.7 Å². The molecule has 30 heavy (non-hydrogen) atoms. The van der Waals surface area contributed by atoms with Gasteiger partial charge in [-0.05, 0) is 51.3 Å². The van der Waals surface area contributed by atoms with Gasteiger partial charge in [0, 0.05) is 45.2 Å². The van der Waals surface area contributed by atoms with Crippen molar-refractivity contribution in [2.75, 3.05) is 39.3 Å². The Balaban J connectivity index is 1.52. The maximum Gasteiger partial charge on any atom is 0.260 e. The van der Waals surface area contributed by atoms with Gasteiger partial charge in [-0.2, -0.15) is 0 Å². The van der Waals surface area contributed by atoms with E-state index < -0.39 is 0 Å². The van der Waals surface area contributed by atoms with Crippen LogP contribution >= 0.6 is 0 Å². The molecule has 164 valence electrons. The van der Waals surface area contributed by atoms with Gasteiger partial charge >= 0.3 is 0 Å². The van der Waals surface area contributed by atoms with Gasteiger partial charge in [-0.15, -0.1) is 0 Å².